The fourth-order valence-electron chi connectivity index (χ4n) is 1.35. The molecule has 0 aliphatic carbocycles. The molecule has 0 aliphatic heterocycles. The predicted octanol–water partition coefficient (Wildman–Crippen LogP) is 2.33. The fourth-order valence-corrected chi connectivity index (χ4v) is 1.35. The van der Waals surface area contributed by atoms with E-state index in [0.717, 1.165) is 0 Å². The lowest BCUT2D eigenvalue weighted by atomic mass is 10.1. The number of hydrogen-bond donors (Lipinski definition) is 0. The first kappa shape index (κ1) is 12.5. The van der Waals surface area contributed by atoms with E-state index in [4.69, 9.17) is 9.47 Å². The number of hydrogen-bond acceptors (Lipinski definition) is 3. The third-order valence-corrected chi connectivity index (χ3v) is 1.94. The second kappa shape index (κ2) is 5.49. The number of carbonyl (C=O) groups is 1. The molecule has 0 amide bonds. The third kappa shape index (κ3) is 3.53. The smallest absolute Gasteiger partial charge is 0.310 e. The summed E-state index contributed by atoms with van der Waals surface area (Å²) >= 11 is 0. The van der Waals surface area contributed by atoms with Gasteiger partial charge in [0.1, 0.15) is 11.6 Å². The summed E-state index contributed by atoms with van der Waals surface area (Å²) in [5.74, 6) is -0.297. The Labute approximate surface area is 94.2 Å². The Morgan fingerprint density at radius 3 is 2.69 bits per heavy atom. The van der Waals surface area contributed by atoms with Gasteiger partial charge in [-0.1, -0.05) is 0 Å². The molecule has 16 heavy (non-hydrogen) atoms. The van der Waals surface area contributed by atoms with E-state index in [1.54, 1.807) is 13.8 Å². The van der Waals surface area contributed by atoms with Gasteiger partial charge in [0.2, 0.25) is 0 Å². The van der Waals surface area contributed by atoms with Gasteiger partial charge in [-0.15, -0.1) is 0 Å². The number of ether oxygens (including phenoxy) is 2. The van der Waals surface area contributed by atoms with Gasteiger partial charge in [-0.05, 0) is 32.0 Å². The first-order valence-electron chi connectivity index (χ1n) is 5.05. The lowest BCUT2D eigenvalue weighted by Crippen LogP contribution is -2.14. The summed E-state index contributed by atoms with van der Waals surface area (Å²) in [4.78, 5) is 11.4. The number of halogens is 1. The summed E-state index contributed by atoms with van der Waals surface area (Å²) in [5.41, 5.74) is 0.494. The van der Waals surface area contributed by atoms with Crippen molar-refractivity contribution < 1.29 is 18.7 Å². The van der Waals surface area contributed by atoms with Crippen molar-refractivity contribution in [3.63, 3.8) is 0 Å². The average molecular weight is 226 g/mol. The molecule has 1 aromatic rings. The summed E-state index contributed by atoms with van der Waals surface area (Å²) < 4.78 is 23.0. The van der Waals surface area contributed by atoms with E-state index in [-0.39, 0.29) is 18.5 Å². The van der Waals surface area contributed by atoms with Crippen LogP contribution in [0.3, 0.4) is 0 Å². The monoisotopic (exact) mass is 226 g/mol. The quantitative estimate of drug-likeness (QED) is 0.739. The van der Waals surface area contributed by atoms with E-state index in [9.17, 15) is 9.18 Å². The first-order valence-corrected chi connectivity index (χ1v) is 5.05. The van der Waals surface area contributed by atoms with Crippen LogP contribution < -0.4 is 4.74 Å². The van der Waals surface area contributed by atoms with Crippen molar-refractivity contribution in [3.8, 4) is 5.75 Å². The number of methoxy groups -OCH3 is 1. The highest BCUT2D eigenvalue weighted by molar-refractivity contribution is 5.73. The molecule has 0 atom stereocenters. The molecule has 0 bridgehead atoms. The molecule has 3 nitrogen and oxygen atoms in total. The minimum atomic E-state index is -0.395. The first-order chi connectivity index (χ1) is 7.52. The highest BCUT2D eigenvalue weighted by atomic mass is 19.1. The molecule has 1 aromatic carbocycles. The normalized spacial score (nSPS) is 10.3. The second-order valence-corrected chi connectivity index (χ2v) is 3.67. The van der Waals surface area contributed by atoms with Gasteiger partial charge in [0.15, 0.2) is 0 Å². The average Bonchev–Trinajstić information content (AvgIpc) is 2.16. The number of rotatable bonds is 4. The Bertz CT molecular complexity index is 375. The second-order valence-electron chi connectivity index (χ2n) is 3.67. The molecular formula is C12H15FO3. The van der Waals surface area contributed by atoms with Gasteiger partial charge >= 0.3 is 5.97 Å². The van der Waals surface area contributed by atoms with Crippen molar-refractivity contribution in [2.75, 3.05) is 7.11 Å². The summed E-state index contributed by atoms with van der Waals surface area (Å²) in [6.07, 6.45) is -0.161. The van der Waals surface area contributed by atoms with Crippen LogP contribution in [0.2, 0.25) is 0 Å². The van der Waals surface area contributed by atoms with Crippen LogP contribution in [0, 0.1) is 5.82 Å². The van der Waals surface area contributed by atoms with Crippen molar-refractivity contribution in [3.05, 3.63) is 29.6 Å². The molecule has 0 saturated heterocycles. The highest BCUT2D eigenvalue weighted by Crippen LogP contribution is 2.20. The van der Waals surface area contributed by atoms with E-state index in [2.05, 4.69) is 0 Å². The Balaban J connectivity index is 2.79. The molecule has 0 radical (unpaired) electrons. The summed E-state index contributed by atoms with van der Waals surface area (Å²) in [6.45, 7) is 3.53. The van der Waals surface area contributed by atoms with Crippen molar-refractivity contribution in [1.29, 1.82) is 0 Å². The molecule has 4 heteroatoms. The molecule has 1 rings (SSSR count). The van der Waals surface area contributed by atoms with Crippen LogP contribution in [0.25, 0.3) is 0 Å². The molecule has 0 spiro atoms. The van der Waals surface area contributed by atoms with Crippen LogP contribution in [0.5, 0.6) is 5.75 Å². The fraction of sp³-hybridized carbons (Fsp3) is 0.417. The van der Waals surface area contributed by atoms with E-state index in [1.807, 2.05) is 0 Å². The maximum Gasteiger partial charge on any atom is 0.310 e. The number of esters is 1. The molecule has 0 N–H and O–H groups in total. The highest BCUT2D eigenvalue weighted by Gasteiger charge is 2.12. The Morgan fingerprint density at radius 1 is 1.44 bits per heavy atom. The van der Waals surface area contributed by atoms with Crippen molar-refractivity contribution >= 4 is 5.97 Å². The maximum absolute atomic E-state index is 13.0. The molecule has 0 heterocycles. The molecule has 88 valence electrons. The van der Waals surface area contributed by atoms with Gasteiger partial charge < -0.3 is 9.47 Å². The Morgan fingerprint density at radius 2 is 2.12 bits per heavy atom. The molecule has 0 aliphatic rings. The van der Waals surface area contributed by atoms with Gasteiger partial charge in [-0.3, -0.25) is 4.79 Å². The van der Waals surface area contributed by atoms with E-state index < -0.39 is 5.82 Å². The number of benzene rings is 1. The van der Waals surface area contributed by atoms with Gasteiger partial charge in [0.05, 0.1) is 19.6 Å². The summed E-state index contributed by atoms with van der Waals surface area (Å²) in [6, 6.07) is 4.06. The summed E-state index contributed by atoms with van der Waals surface area (Å²) in [5, 5.41) is 0. The minimum Gasteiger partial charge on any atom is -0.496 e. The van der Waals surface area contributed by atoms with Crippen molar-refractivity contribution in [1.82, 2.24) is 0 Å². The maximum atomic E-state index is 13.0. The number of carbonyl (C=O) groups excluding carboxylic acids is 1. The SMILES string of the molecule is COc1ccc(F)cc1CC(=O)OC(C)C. The lowest BCUT2D eigenvalue weighted by molar-refractivity contribution is -0.146. The zero-order valence-electron chi connectivity index (χ0n) is 9.62. The van der Waals surface area contributed by atoms with E-state index >= 15 is 0 Å². The van der Waals surface area contributed by atoms with Crippen LogP contribution in [0.15, 0.2) is 18.2 Å². The largest absolute Gasteiger partial charge is 0.496 e. The molecule has 0 aromatic heterocycles. The molecule has 0 saturated carbocycles. The predicted molar refractivity (Wildman–Crippen MR) is 57.9 cm³/mol. The van der Waals surface area contributed by atoms with Crippen LogP contribution in [0.1, 0.15) is 19.4 Å². The Kier molecular flexibility index (Phi) is 4.28. The summed E-state index contributed by atoms with van der Waals surface area (Å²) in [7, 11) is 1.48. The van der Waals surface area contributed by atoms with Crippen molar-refractivity contribution in [2.24, 2.45) is 0 Å². The van der Waals surface area contributed by atoms with E-state index in [1.165, 1.54) is 25.3 Å². The molecule has 0 fully saturated rings. The van der Waals surface area contributed by atoms with Gasteiger partial charge in [0.25, 0.3) is 0 Å². The van der Waals surface area contributed by atoms with Gasteiger partial charge in [0, 0.05) is 5.56 Å². The van der Waals surface area contributed by atoms with E-state index in [0.29, 0.717) is 11.3 Å². The third-order valence-electron chi connectivity index (χ3n) is 1.94. The van der Waals surface area contributed by atoms with Crippen LogP contribution >= 0.6 is 0 Å². The van der Waals surface area contributed by atoms with Crippen LogP contribution in [0.4, 0.5) is 4.39 Å². The lowest BCUT2D eigenvalue weighted by Gasteiger charge is -2.10. The zero-order valence-corrected chi connectivity index (χ0v) is 9.62. The molecule has 0 unspecified atom stereocenters. The minimum absolute atomic E-state index is 0.0130. The van der Waals surface area contributed by atoms with Crippen LogP contribution in [-0.4, -0.2) is 19.2 Å². The zero-order chi connectivity index (χ0) is 12.1. The Hall–Kier alpha value is -1.58. The van der Waals surface area contributed by atoms with Gasteiger partial charge in [-0.2, -0.15) is 0 Å². The van der Waals surface area contributed by atoms with Gasteiger partial charge in [-0.25, -0.2) is 4.39 Å². The topological polar surface area (TPSA) is 35.5 Å². The van der Waals surface area contributed by atoms with Crippen LogP contribution in [-0.2, 0) is 16.0 Å². The van der Waals surface area contributed by atoms with Crippen molar-refractivity contribution in [2.45, 2.75) is 26.4 Å². The standard InChI is InChI=1S/C12H15FO3/c1-8(2)16-12(14)7-9-6-10(13)4-5-11(9)15-3/h4-6,8H,7H2,1-3H3. The molecular weight excluding hydrogens is 211 g/mol.